The van der Waals surface area contributed by atoms with Crippen LogP contribution in [0.3, 0.4) is 0 Å². The summed E-state index contributed by atoms with van der Waals surface area (Å²) in [4.78, 5) is 25.3. The Hall–Kier alpha value is 1.67. The van der Waals surface area contributed by atoms with Crippen LogP contribution in [0.5, 0.6) is 0 Å². The summed E-state index contributed by atoms with van der Waals surface area (Å²) in [5.41, 5.74) is 0. The Kier molecular flexibility index (Phi) is 30.7. The largest absolute Gasteiger partial charge is 1.00 e. The van der Waals surface area contributed by atoms with Gasteiger partial charge >= 0.3 is 51.4 Å². The molecule has 0 aromatic carbocycles. The molecule has 0 heterocycles. The van der Waals surface area contributed by atoms with Crippen LogP contribution in [0.1, 0.15) is 20.8 Å². The van der Waals surface area contributed by atoms with Crippen LogP contribution in [0, 0.1) is 0 Å². The number of aliphatic hydroxyl groups excluding tert-OH is 1. The fourth-order valence-electron chi connectivity index (χ4n) is 0.671. The van der Waals surface area contributed by atoms with Gasteiger partial charge in [-0.15, -0.1) is 0 Å². The zero-order valence-corrected chi connectivity index (χ0v) is 14.2. The van der Waals surface area contributed by atoms with Crippen LogP contribution < -0.4 is 56.3 Å². The Morgan fingerprint density at radius 2 is 1.20 bits per heavy atom. The topological polar surface area (TPSA) is 104 Å². The third-order valence-corrected chi connectivity index (χ3v) is 1.34. The zero-order valence-electron chi connectivity index (χ0n) is 10.2. The molecule has 0 fully saturated rings. The molecule has 3 N–H and O–H groups in total. The molecule has 15 heavy (non-hydrogen) atoms. The second-order valence-electron chi connectivity index (χ2n) is 2.11. The Labute approximate surface area is 134 Å². The summed E-state index contributed by atoms with van der Waals surface area (Å²) in [6.45, 7) is 10.1. The summed E-state index contributed by atoms with van der Waals surface area (Å²) >= 11 is 0. The van der Waals surface area contributed by atoms with Gasteiger partial charge in [0, 0.05) is 7.11 Å². The van der Waals surface area contributed by atoms with E-state index < -0.39 is 7.82 Å². The molecule has 0 rings (SSSR count). The third kappa shape index (κ3) is 49.8. The summed E-state index contributed by atoms with van der Waals surface area (Å²) in [6.07, 6.45) is 0. The van der Waals surface area contributed by atoms with E-state index in [0.29, 0.717) is 0 Å². The fourth-order valence-corrected chi connectivity index (χ4v) is 0.671. The molecule has 0 unspecified atom stereocenters. The fraction of sp³-hybridized carbons (Fsp3) is 1.00. The van der Waals surface area contributed by atoms with Crippen LogP contribution in [0.2, 0.25) is 0 Å². The van der Waals surface area contributed by atoms with Crippen molar-refractivity contribution in [3.05, 3.63) is 0 Å². The molecule has 0 aliphatic rings. The smallest absolute Gasteiger partial charge is 0.756 e. The maximum atomic E-state index is 8.77. The van der Waals surface area contributed by atoms with Crippen molar-refractivity contribution < 1.29 is 75.7 Å². The predicted octanol–water partition coefficient (Wildman–Crippen LogP) is -3.60. The van der Waals surface area contributed by atoms with Gasteiger partial charge in [-0.05, 0) is 19.6 Å². The first-order valence-electron chi connectivity index (χ1n) is 4.28. The molecule has 0 bridgehead atoms. The second-order valence-corrected chi connectivity index (χ2v) is 3.09. The third-order valence-electron chi connectivity index (χ3n) is 1.34. The summed E-state index contributed by atoms with van der Waals surface area (Å²) < 4.78 is 8.77. The molecular weight excluding hydrogens is 248 g/mol. The van der Waals surface area contributed by atoms with Crippen molar-refractivity contribution in [1.82, 2.24) is 4.90 Å². The summed E-state index contributed by atoms with van der Waals surface area (Å²) in [7, 11) is -3.89. The molecule has 0 atom stereocenters. The van der Waals surface area contributed by atoms with Crippen molar-refractivity contribution in [3.8, 4) is 0 Å². The normalized spacial score (nSPS) is 9.13. The predicted molar refractivity (Wildman–Crippen MR) is 53.6 cm³/mol. The Balaban J connectivity index is -0.0000000675. The number of hydrogen-bond acceptors (Lipinski definition) is 4. The first-order chi connectivity index (χ1) is 6.35. The van der Waals surface area contributed by atoms with Crippen LogP contribution in [0.4, 0.5) is 0 Å². The van der Waals surface area contributed by atoms with E-state index in [1.807, 2.05) is 0 Å². The molecule has 0 aromatic rings. The van der Waals surface area contributed by atoms with E-state index in [9.17, 15) is 0 Å². The van der Waals surface area contributed by atoms with Crippen molar-refractivity contribution in [1.29, 1.82) is 0 Å². The van der Waals surface area contributed by atoms with Gasteiger partial charge in [0.25, 0.3) is 7.82 Å². The Morgan fingerprint density at radius 1 is 1.07 bits per heavy atom. The van der Waals surface area contributed by atoms with E-state index in [2.05, 4.69) is 25.7 Å². The summed E-state index contributed by atoms with van der Waals surface area (Å²) in [5.74, 6) is 0. The van der Waals surface area contributed by atoms with E-state index in [1.54, 1.807) is 0 Å². The van der Waals surface area contributed by atoms with E-state index in [1.165, 1.54) is 19.6 Å². The molecule has 0 spiro atoms. The molecular formula is C7H21KNO5P. The quantitative estimate of drug-likeness (QED) is 0.361. The number of rotatable bonds is 3. The van der Waals surface area contributed by atoms with Gasteiger partial charge < -0.3 is 24.7 Å². The minimum atomic E-state index is -4.89. The minimum Gasteiger partial charge on any atom is -0.756 e. The average molecular weight is 269 g/mol. The van der Waals surface area contributed by atoms with Crippen molar-refractivity contribution in [2.75, 3.05) is 26.7 Å². The molecule has 0 saturated heterocycles. The van der Waals surface area contributed by atoms with Crippen molar-refractivity contribution in [3.63, 3.8) is 0 Å². The van der Waals surface area contributed by atoms with E-state index in [4.69, 9.17) is 24.4 Å². The first-order valence-corrected chi connectivity index (χ1v) is 5.81. The van der Waals surface area contributed by atoms with E-state index in [0.717, 1.165) is 7.11 Å². The molecule has 0 aromatic heterocycles. The summed E-state index contributed by atoms with van der Waals surface area (Å²) in [5, 5.41) is 7.00. The van der Waals surface area contributed by atoms with Crippen molar-refractivity contribution >= 4 is 7.82 Å². The van der Waals surface area contributed by atoms with Crippen LogP contribution in [-0.4, -0.2) is 46.5 Å². The second kappa shape index (κ2) is 18.0. The van der Waals surface area contributed by atoms with Crippen LogP contribution >= 0.6 is 7.82 Å². The summed E-state index contributed by atoms with van der Waals surface area (Å²) in [6, 6.07) is 0. The maximum Gasteiger partial charge on any atom is 1.00 e. The van der Waals surface area contributed by atoms with Crippen LogP contribution in [-0.2, 0) is 4.57 Å². The number of phosphoric acid groups is 1. The van der Waals surface area contributed by atoms with Gasteiger partial charge in [0.2, 0.25) is 0 Å². The van der Waals surface area contributed by atoms with Gasteiger partial charge in [0.1, 0.15) is 0 Å². The molecule has 0 radical (unpaired) electrons. The van der Waals surface area contributed by atoms with Gasteiger partial charge in [-0.1, -0.05) is 20.8 Å². The van der Waals surface area contributed by atoms with Gasteiger partial charge in [-0.3, -0.25) is 4.57 Å². The molecule has 0 aliphatic carbocycles. The zero-order chi connectivity index (χ0) is 12.2. The molecule has 0 amide bonds. The maximum absolute atomic E-state index is 8.77. The molecule has 8 heteroatoms. The number of nitrogens with zero attached hydrogens (tertiary/aromatic N) is 1. The van der Waals surface area contributed by atoms with E-state index >= 15 is 0 Å². The first kappa shape index (κ1) is 25.5. The van der Waals surface area contributed by atoms with Gasteiger partial charge in [0.15, 0.2) is 0 Å². The van der Waals surface area contributed by atoms with Crippen molar-refractivity contribution in [2.24, 2.45) is 0 Å². The number of aliphatic hydroxyl groups is 1. The molecule has 90 valence electrons. The van der Waals surface area contributed by atoms with Gasteiger partial charge in [0.05, 0.1) is 0 Å². The Bertz CT molecular complexity index is 126. The average Bonchev–Trinajstić information content (AvgIpc) is 2.08. The van der Waals surface area contributed by atoms with Crippen LogP contribution in [0.15, 0.2) is 0 Å². The number of hydrogen-bond donors (Lipinski definition) is 3. The SMILES string of the molecule is CCN(CC)CC.CO.O=P([O-])(O)O.[K+]. The van der Waals surface area contributed by atoms with Crippen LogP contribution in [0.25, 0.3) is 0 Å². The van der Waals surface area contributed by atoms with Crippen molar-refractivity contribution in [2.45, 2.75) is 20.8 Å². The Morgan fingerprint density at radius 3 is 1.20 bits per heavy atom. The molecule has 0 aliphatic heterocycles. The molecule has 0 saturated carbocycles. The standard InChI is InChI=1S/C6H15N.CH4O.K.H3O4P/c1-4-7(5-2)6-3;1-2;;1-5(2,3)4/h4-6H2,1-3H3;2H,1H3;;(H3,1,2,3,4)/q;;+1;/p-1. The van der Waals surface area contributed by atoms with Gasteiger partial charge in [-0.25, -0.2) is 0 Å². The van der Waals surface area contributed by atoms with Gasteiger partial charge in [-0.2, -0.15) is 0 Å². The van der Waals surface area contributed by atoms with E-state index in [-0.39, 0.29) is 51.4 Å². The molecule has 6 nitrogen and oxygen atoms in total. The minimum absolute atomic E-state index is 0. The monoisotopic (exact) mass is 269 g/mol.